The molecule has 6 rings (SSSR count). The summed E-state index contributed by atoms with van der Waals surface area (Å²) in [5.74, 6) is 2.47. The molecule has 2 aromatic rings. The second-order valence-electron chi connectivity index (χ2n) is 11.7. The molecular formula is C34H41ClN10O4S2. The van der Waals surface area contributed by atoms with Gasteiger partial charge in [0.15, 0.2) is 11.7 Å². The second kappa shape index (κ2) is 18.3. The van der Waals surface area contributed by atoms with Crippen molar-refractivity contribution in [3.05, 3.63) is 82.2 Å². The van der Waals surface area contributed by atoms with Crippen molar-refractivity contribution >= 4 is 80.9 Å². The predicted molar refractivity (Wildman–Crippen MR) is 206 cm³/mol. The maximum absolute atomic E-state index is 8.29. The minimum Gasteiger partial charge on any atom is -0.361 e. The van der Waals surface area contributed by atoms with E-state index in [0.717, 1.165) is 42.6 Å². The highest BCUT2D eigenvalue weighted by Gasteiger charge is 2.39. The van der Waals surface area contributed by atoms with E-state index in [1.165, 1.54) is 22.5 Å². The van der Waals surface area contributed by atoms with Crippen LogP contribution in [-0.4, -0.2) is 101 Å². The van der Waals surface area contributed by atoms with E-state index in [4.69, 9.17) is 50.1 Å². The molecule has 0 aromatic heterocycles. The molecule has 0 saturated heterocycles. The summed E-state index contributed by atoms with van der Waals surface area (Å²) in [5, 5.41) is 32.4. The van der Waals surface area contributed by atoms with Gasteiger partial charge in [-0.05, 0) is 75.2 Å². The van der Waals surface area contributed by atoms with Crippen LogP contribution in [0.5, 0.6) is 0 Å². The van der Waals surface area contributed by atoms with Crippen LogP contribution in [0.3, 0.4) is 0 Å². The summed E-state index contributed by atoms with van der Waals surface area (Å²) < 4.78 is 33.2. The Labute approximate surface area is 309 Å². The molecule has 0 saturated carbocycles. The highest BCUT2D eigenvalue weighted by Crippen LogP contribution is 2.37. The van der Waals surface area contributed by atoms with Gasteiger partial charge in [-0.15, -0.1) is 0 Å². The summed E-state index contributed by atoms with van der Waals surface area (Å²) >= 11 is 4.63. The zero-order valence-electron chi connectivity index (χ0n) is 29.2. The van der Waals surface area contributed by atoms with E-state index in [2.05, 4.69) is 64.0 Å². The number of allylic oxidation sites excluding steroid dienone is 2. The Kier molecular flexibility index (Phi) is 14.6. The first-order chi connectivity index (χ1) is 24.3. The number of anilines is 2. The van der Waals surface area contributed by atoms with Crippen LogP contribution >= 0.6 is 11.6 Å². The zero-order chi connectivity index (χ0) is 38.0. The molecule has 0 amide bonds. The maximum atomic E-state index is 8.29. The van der Waals surface area contributed by atoms with Crippen LogP contribution in [0.25, 0.3) is 0 Å². The summed E-state index contributed by atoms with van der Waals surface area (Å²) in [7, 11) is 3.75. The van der Waals surface area contributed by atoms with Gasteiger partial charge in [-0.25, -0.2) is 9.98 Å². The summed E-state index contributed by atoms with van der Waals surface area (Å²) in [6, 6.07) is 14.7. The van der Waals surface area contributed by atoms with Gasteiger partial charge >= 0.3 is 23.1 Å². The lowest BCUT2D eigenvalue weighted by Gasteiger charge is -2.29. The van der Waals surface area contributed by atoms with Crippen LogP contribution in [0.15, 0.2) is 76.0 Å². The molecule has 0 bridgehead atoms. The first kappa shape index (κ1) is 40.5. The fourth-order valence-corrected chi connectivity index (χ4v) is 6.65. The number of hydrogen-bond donors (Lipinski definition) is 4. The molecule has 4 aliphatic heterocycles. The van der Waals surface area contributed by atoms with Crippen molar-refractivity contribution in [1.29, 1.82) is 21.6 Å². The van der Waals surface area contributed by atoms with Gasteiger partial charge in [0.05, 0.1) is 12.1 Å². The standard InChI is InChI=1S/C17H20ClN5.C17H21N5.2O2S/c1-4-23-14-6-5-12(18)8-11(14)9-15(23)17-21-13(7-10(2)19)16(20)22(17)3;1-4-22-14-8-6-5-7-12(14)10-15(22)17-20-13(9-11(2)18)16(19)21(17)3;2*1-3-2/h5-8,15,19-20H,4,9H2,1-3H3;5-9,15,18-19H,4,10H2,1-3H3;;/b13-7+,19-10?,20-16?;13-9+,18-11?,19-16?;;. The van der Waals surface area contributed by atoms with Gasteiger partial charge < -0.3 is 30.4 Å². The van der Waals surface area contributed by atoms with Crippen molar-refractivity contribution in [3.63, 3.8) is 0 Å². The number of para-hydroxylation sites is 1. The van der Waals surface area contributed by atoms with Gasteiger partial charge in [0.1, 0.15) is 23.1 Å². The lowest BCUT2D eigenvalue weighted by molar-refractivity contribution is 0.628. The summed E-state index contributed by atoms with van der Waals surface area (Å²) in [6.07, 6.45) is 5.04. The Balaban J connectivity index is 0.000000239. The Hall–Kier alpha value is -4.93. The Morgan fingerprint density at radius 1 is 0.765 bits per heavy atom. The number of hydrogen-bond acceptors (Lipinski definition) is 12. The number of likely N-dealkylation sites (N-methyl/N-ethyl adjacent to an activating group) is 4. The summed E-state index contributed by atoms with van der Waals surface area (Å²) in [4.78, 5) is 17.6. The first-order valence-electron chi connectivity index (χ1n) is 15.9. The van der Waals surface area contributed by atoms with E-state index in [9.17, 15) is 0 Å². The predicted octanol–water partition coefficient (Wildman–Crippen LogP) is 4.68. The second-order valence-corrected chi connectivity index (χ2v) is 12.4. The fraction of sp³-hybridized carbons (Fsp3) is 0.353. The number of fused-ring (bicyclic) bond motifs is 2. The van der Waals surface area contributed by atoms with Crippen molar-refractivity contribution in [2.75, 3.05) is 37.0 Å². The number of rotatable bonds is 6. The third kappa shape index (κ3) is 9.25. The highest BCUT2D eigenvalue weighted by molar-refractivity contribution is 7.51. The van der Waals surface area contributed by atoms with Crippen molar-refractivity contribution in [1.82, 2.24) is 9.80 Å². The summed E-state index contributed by atoms with van der Waals surface area (Å²) in [5.41, 5.74) is 6.95. The van der Waals surface area contributed by atoms with Gasteiger partial charge in [-0.2, -0.15) is 16.8 Å². The molecule has 4 N–H and O–H groups in total. The van der Waals surface area contributed by atoms with Crippen molar-refractivity contribution in [3.8, 4) is 0 Å². The third-order valence-electron chi connectivity index (χ3n) is 8.53. The van der Waals surface area contributed by atoms with E-state index >= 15 is 0 Å². The molecule has 14 nitrogen and oxygen atoms in total. The molecule has 51 heavy (non-hydrogen) atoms. The Bertz CT molecular complexity index is 1900. The average Bonchev–Trinajstić information content (AvgIpc) is 3.79. The molecule has 4 heterocycles. The normalized spacial score (nSPS) is 20.0. The minimum atomic E-state index is -0.750. The van der Waals surface area contributed by atoms with E-state index in [1.807, 2.05) is 36.0 Å². The lowest BCUT2D eigenvalue weighted by atomic mass is 10.1. The number of nitrogens with one attached hydrogen (secondary N) is 4. The quantitative estimate of drug-likeness (QED) is 0.305. The van der Waals surface area contributed by atoms with E-state index < -0.39 is 23.1 Å². The number of nitrogens with zero attached hydrogens (tertiary/aromatic N) is 6. The Morgan fingerprint density at radius 3 is 1.61 bits per heavy atom. The average molecular weight is 753 g/mol. The number of halogens is 1. The fourth-order valence-electron chi connectivity index (χ4n) is 6.46. The van der Waals surface area contributed by atoms with Crippen molar-refractivity contribution in [2.24, 2.45) is 9.98 Å². The van der Waals surface area contributed by atoms with Gasteiger partial charge in [0.2, 0.25) is 0 Å². The molecule has 17 heteroatoms. The third-order valence-corrected chi connectivity index (χ3v) is 8.76. The van der Waals surface area contributed by atoms with Crippen LogP contribution < -0.4 is 9.80 Å². The smallest absolute Gasteiger partial charge is 0.335 e. The maximum Gasteiger partial charge on any atom is 0.335 e. The molecule has 4 aliphatic rings. The number of amidine groups is 4. The zero-order valence-corrected chi connectivity index (χ0v) is 31.6. The number of benzene rings is 2. The highest BCUT2D eigenvalue weighted by atomic mass is 35.5. The van der Waals surface area contributed by atoms with E-state index in [-0.39, 0.29) is 12.1 Å². The molecular weight excluding hydrogens is 712 g/mol. The van der Waals surface area contributed by atoms with Gasteiger partial charge in [-0.1, -0.05) is 29.8 Å². The molecule has 270 valence electrons. The molecule has 2 aromatic carbocycles. The van der Waals surface area contributed by atoms with Crippen molar-refractivity contribution in [2.45, 2.75) is 52.6 Å². The largest absolute Gasteiger partial charge is 0.361 e. The first-order valence-corrected chi connectivity index (χ1v) is 17.6. The molecule has 0 fully saturated rings. The lowest BCUT2D eigenvalue weighted by Crippen LogP contribution is -2.45. The summed E-state index contributed by atoms with van der Waals surface area (Å²) in [6.45, 7) is 9.44. The molecule has 0 aliphatic carbocycles. The van der Waals surface area contributed by atoms with Crippen LogP contribution in [-0.2, 0) is 36.0 Å². The van der Waals surface area contributed by atoms with Gasteiger partial charge in [-0.3, -0.25) is 10.8 Å². The van der Waals surface area contributed by atoms with Gasteiger partial charge in [0, 0.05) is 67.8 Å². The van der Waals surface area contributed by atoms with Crippen LogP contribution in [0.1, 0.15) is 38.8 Å². The number of aliphatic imine (C=N–C) groups is 2. The molecule has 0 radical (unpaired) electrons. The topological polar surface area (TPSA) is 201 Å². The minimum absolute atomic E-state index is 0.0933. The SMILES string of the molecule is CCN1c2ccc(Cl)cc2CC1C1=N/C(=C/C(C)=N)C(=N)N1C.CCN1c2ccccc2CC1C1=N/C(=C/C(C)=N)C(=N)N1C.O=S=O.O=S=O. The molecule has 0 spiro atoms. The molecule has 2 unspecified atom stereocenters. The van der Waals surface area contributed by atoms with Crippen molar-refractivity contribution < 1.29 is 16.8 Å². The van der Waals surface area contributed by atoms with Gasteiger partial charge in [0.25, 0.3) is 0 Å². The Morgan fingerprint density at radius 2 is 1.18 bits per heavy atom. The van der Waals surface area contributed by atoms with Crippen LogP contribution in [0.2, 0.25) is 5.02 Å². The van der Waals surface area contributed by atoms with Crippen LogP contribution in [0.4, 0.5) is 11.4 Å². The monoisotopic (exact) mass is 752 g/mol. The van der Waals surface area contributed by atoms with E-state index in [0.29, 0.717) is 34.5 Å². The van der Waals surface area contributed by atoms with Crippen LogP contribution in [0, 0.1) is 21.6 Å². The van der Waals surface area contributed by atoms with E-state index in [1.54, 1.807) is 26.0 Å². The molecule has 2 atom stereocenters.